The standard InChI is InChI=1S/C24H25F2NO6S2/c25-24(26)13-14-33-21-15-19(12-11-18(21)10-9-17-5-1-2-6-17)20(28)16-34(29,30)22-7-3-4-8-23(22)35(27,31)32/h3-4,7-8,11-12,15,17,24H,1-2,5-6,13-14,16H2,(H2,27,31,32). The molecule has 1 fully saturated rings. The number of carbonyl (C=O) groups is 1. The molecule has 0 amide bonds. The first-order valence-corrected chi connectivity index (χ1v) is 14.1. The Morgan fingerprint density at radius 1 is 1.06 bits per heavy atom. The van der Waals surface area contributed by atoms with Gasteiger partial charge in [0, 0.05) is 17.9 Å². The Morgan fingerprint density at radius 3 is 2.34 bits per heavy atom. The van der Waals surface area contributed by atoms with Crippen molar-refractivity contribution in [2.24, 2.45) is 11.1 Å². The summed E-state index contributed by atoms with van der Waals surface area (Å²) >= 11 is 0. The second-order valence-corrected chi connectivity index (χ2v) is 11.7. The number of rotatable bonds is 9. The minimum absolute atomic E-state index is 0.0416. The van der Waals surface area contributed by atoms with E-state index in [-0.39, 0.29) is 23.8 Å². The van der Waals surface area contributed by atoms with Gasteiger partial charge in [0.15, 0.2) is 15.6 Å². The van der Waals surface area contributed by atoms with Crippen LogP contribution in [0.25, 0.3) is 0 Å². The van der Waals surface area contributed by atoms with Gasteiger partial charge in [0.25, 0.3) is 0 Å². The van der Waals surface area contributed by atoms with Gasteiger partial charge in [0.2, 0.25) is 16.4 Å². The second kappa shape index (κ2) is 11.3. The molecule has 188 valence electrons. The zero-order chi connectivity index (χ0) is 25.6. The van der Waals surface area contributed by atoms with Gasteiger partial charge in [-0.25, -0.2) is 30.8 Å². The summed E-state index contributed by atoms with van der Waals surface area (Å²) < 4.78 is 79.9. The molecule has 0 saturated heterocycles. The highest BCUT2D eigenvalue weighted by Crippen LogP contribution is 2.26. The lowest BCUT2D eigenvalue weighted by Crippen LogP contribution is -2.21. The average molecular weight is 526 g/mol. The van der Waals surface area contributed by atoms with Crippen molar-refractivity contribution in [2.75, 3.05) is 12.4 Å². The van der Waals surface area contributed by atoms with E-state index in [4.69, 9.17) is 9.88 Å². The summed E-state index contributed by atoms with van der Waals surface area (Å²) in [6.45, 7) is -0.312. The lowest BCUT2D eigenvalue weighted by Gasteiger charge is -2.11. The van der Waals surface area contributed by atoms with E-state index in [9.17, 15) is 30.4 Å². The van der Waals surface area contributed by atoms with Gasteiger partial charge in [0.1, 0.15) is 16.4 Å². The third-order valence-electron chi connectivity index (χ3n) is 5.48. The molecule has 7 nitrogen and oxygen atoms in total. The lowest BCUT2D eigenvalue weighted by molar-refractivity contribution is 0.101. The number of alkyl halides is 2. The summed E-state index contributed by atoms with van der Waals surface area (Å²) in [4.78, 5) is 11.6. The van der Waals surface area contributed by atoms with E-state index in [0.29, 0.717) is 5.56 Å². The van der Waals surface area contributed by atoms with Crippen molar-refractivity contribution in [3.05, 3.63) is 53.6 Å². The van der Waals surface area contributed by atoms with E-state index < -0.39 is 54.0 Å². The molecular weight excluding hydrogens is 500 g/mol. The van der Waals surface area contributed by atoms with E-state index in [1.165, 1.54) is 30.3 Å². The highest BCUT2D eigenvalue weighted by Gasteiger charge is 2.27. The summed E-state index contributed by atoms with van der Waals surface area (Å²) in [7, 11) is -8.72. The molecule has 2 aromatic rings. The van der Waals surface area contributed by atoms with Crippen molar-refractivity contribution >= 4 is 25.6 Å². The van der Waals surface area contributed by atoms with Crippen molar-refractivity contribution in [1.29, 1.82) is 0 Å². The smallest absolute Gasteiger partial charge is 0.241 e. The number of nitrogens with two attached hydrogens (primary N) is 1. The Balaban J connectivity index is 1.88. The Morgan fingerprint density at radius 2 is 1.71 bits per heavy atom. The molecule has 0 spiro atoms. The van der Waals surface area contributed by atoms with E-state index >= 15 is 0 Å². The highest BCUT2D eigenvalue weighted by atomic mass is 32.2. The number of Topliss-reactive ketones (excluding diaryl/α,β-unsaturated/α-hetero) is 1. The fourth-order valence-corrected chi connectivity index (χ4v) is 6.38. The monoisotopic (exact) mass is 525 g/mol. The minimum Gasteiger partial charge on any atom is -0.492 e. The van der Waals surface area contributed by atoms with Crippen LogP contribution in [0.15, 0.2) is 52.3 Å². The van der Waals surface area contributed by atoms with E-state index in [1.807, 2.05) is 0 Å². The van der Waals surface area contributed by atoms with E-state index in [0.717, 1.165) is 37.8 Å². The Kier molecular flexibility index (Phi) is 8.64. The maximum Gasteiger partial charge on any atom is 0.241 e. The van der Waals surface area contributed by atoms with Crippen LogP contribution in [0.1, 0.15) is 48.0 Å². The molecule has 0 aliphatic heterocycles. The molecule has 0 bridgehead atoms. The maximum atomic E-state index is 12.9. The molecule has 3 rings (SSSR count). The molecule has 0 atom stereocenters. The maximum absolute atomic E-state index is 12.9. The van der Waals surface area contributed by atoms with Crippen LogP contribution in [0, 0.1) is 17.8 Å². The number of ketones is 1. The lowest BCUT2D eigenvalue weighted by atomic mass is 10.1. The van der Waals surface area contributed by atoms with Crippen LogP contribution in [0.5, 0.6) is 5.75 Å². The molecule has 1 aliphatic rings. The predicted molar refractivity (Wildman–Crippen MR) is 126 cm³/mol. The van der Waals surface area contributed by atoms with Crippen LogP contribution >= 0.6 is 0 Å². The van der Waals surface area contributed by atoms with Gasteiger partial charge in [-0.05, 0) is 43.2 Å². The Hall–Kier alpha value is -2.81. The predicted octanol–water partition coefficient (Wildman–Crippen LogP) is 3.57. The SMILES string of the molecule is NS(=O)(=O)c1ccccc1S(=O)(=O)CC(=O)c1ccc(C#CC2CCCC2)c(OCCC(F)F)c1. The summed E-state index contributed by atoms with van der Waals surface area (Å²) in [5, 5.41) is 5.11. The Labute approximate surface area is 203 Å². The van der Waals surface area contributed by atoms with E-state index in [2.05, 4.69) is 11.8 Å². The number of hydrogen-bond donors (Lipinski definition) is 1. The number of sulfonamides is 1. The average Bonchev–Trinajstić information content (AvgIpc) is 3.31. The zero-order valence-electron chi connectivity index (χ0n) is 18.7. The number of primary sulfonamides is 1. The molecule has 0 heterocycles. The topological polar surface area (TPSA) is 121 Å². The largest absolute Gasteiger partial charge is 0.492 e. The molecule has 1 aliphatic carbocycles. The minimum atomic E-state index is -4.37. The first-order chi connectivity index (χ1) is 16.5. The van der Waals surface area contributed by atoms with Crippen molar-refractivity contribution in [3.8, 4) is 17.6 Å². The van der Waals surface area contributed by atoms with Gasteiger partial charge in [-0.15, -0.1) is 0 Å². The van der Waals surface area contributed by atoms with Gasteiger partial charge in [0.05, 0.1) is 17.1 Å². The van der Waals surface area contributed by atoms with E-state index in [1.54, 1.807) is 0 Å². The van der Waals surface area contributed by atoms with Gasteiger partial charge in [-0.2, -0.15) is 0 Å². The van der Waals surface area contributed by atoms with Gasteiger partial charge in [-0.1, -0.05) is 36.8 Å². The molecule has 0 aromatic heterocycles. The second-order valence-electron chi connectivity index (χ2n) is 8.16. The molecular formula is C24H25F2NO6S2. The van der Waals surface area contributed by atoms with Crippen LogP contribution in [0.4, 0.5) is 8.78 Å². The fraction of sp³-hybridized carbons (Fsp3) is 0.375. The fourth-order valence-electron chi connectivity index (χ4n) is 3.70. The van der Waals surface area contributed by atoms with Crippen LogP contribution in [0.3, 0.4) is 0 Å². The number of halogens is 2. The molecule has 0 unspecified atom stereocenters. The number of carbonyl (C=O) groups excluding carboxylic acids is 1. The first-order valence-electron chi connectivity index (χ1n) is 10.9. The van der Waals surface area contributed by atoms with Crippen LogP contribution in [-0.2, 0) is 19.9 Å². The quantitative estimate of drug-likeness (QED) is 0.395. The summed E-state index contributed by atoms with van der Waals surface area (Å²) in [6.07, 6.45) is 1.04. The van der Waals surface area contributed by atoms with Gasteiger partial charge >= 0.3 is 0 Å². The van der Waals surface area contributed by atoms with Crippen molar-refractivity contribution in [3.63, 3.8) is 0 Å². The molecule has 35 heavy (non-hydrogen) atoms. The molecule has 11 heteroatoms. The third-order valence-corrected chi connectivity index (χ3v) is 8.24. The highest BCUT2D eigenvalue weighted by molar-refractivity contribution is 7.94. The normalized spacial score (nSPS) is 14.5. The summed E-state index contributed by atoms with van der Waals surface area (Å²) in [5.74, 6) is 4.60. The van der Waals surface area contributed by atoms with Crippen LogP contribution < -0.4 is 9.88 Å². The van der Waals surface area contributed by atoms with Gasteiger partial charge < -0.3 is 4.74 Å². The number of sulfone groups is 1. The summed E-state index contributed by atoms with van der Waals surface area (Å²) in [5.41, 5.74) is 0.366. The molecule has 2 aromatic carbocycles. The van der Waals surface area contributed by atoms with Crippen molar-refractivity contribution in [2.45, 2.75) is 48.3 Å². The zero-order valence-corrected chi connectivity index (χ0v) is 20.4. The van der Waals surface area contributed by atoms with Crippen LogP contribution in [0.2, 0.25) is 0 Å². The van der Waals surface area contributed by atoms with Crippen molar-refractivity contribution < 1.29 is 35.1 Å². The summed E-state index contributed by atoms with van der Waals surface area (Å²) in [6, 6.07) is 8.86. The Bertz CT molecular complexity index is 1360. The number of benzene rings is 2. The van der Waals surface area contributed by atoms with Gasteiger partial charge in [-0.3, -0.25) is 4.79 Å². The first kappa shape index (κ1) is 26.8. The number of hydrogen-bond acceptors (Lipinski definition) is 6. The van der Waals surface area contributed by atoms with Crippen LogP contribution in [-0.4, -0.2) is 41.4 Å². The molecule has 1 saturated carbocycles. The molecule has 2 N–H and O–H groups in total. The third kappa shape index (κ3) is 7.34. The van der Waals surface area contributed by atoms with Crippen molar-refractivity contribution in [1.82, 2.24) is 0 Å². The number of ether oxygens (including phenoxy) is 1. The molecule has 0 radical (unpaired) electrons.